The van der Waals surface area contributed by atoms with Crippen molar-refractivity contribution in [2.24, 2.45) is 0 Å². The van der Waals surface area contributed by atoms with E-state index in [1.807, 2.05) is 36.6 Å². The minimum Gasteiger partial charge on any atom is -0.462 e. The number of ether oxygens (including phenoxy) is 1. The van der Waals surface area contributed by atoms with E-state index < -0.39 is 28.9 Å². The van der Waals surface area contributed by atoms with Crippen molar-refractivity contribution in [1.82, 2.24) is 5.32 Å². The van der Waals surface area contributed by atoms with Gasteiger partial charge in [0.05, 0.1) is 16.9 Å². The fraction of sp³-hybridized carbons (Fsp3) is 0.128. The van der Waals surface area contributed by atoms with Crippen LogP contribution in [-0.4, -0.2) is 35.5 Å². The smallest absolute Gasteiger partial charge is 0.341 e. The molecule has 0 aliphatic heterocycles. The van der Waals surface area contributed by atoms with E-state index in [2.05, 4.69) is 16.0 Å². The molecule has 0 radical (unpaired) electrons. The molecule has 0 aliphatic rings. The molecule has 12 heteroatoms. The molecule has 260 valence electrons. The molecular formula is C39H33ClFN3O5S2. The second kappa shape index (κ2) is 17.1. The molecule has 0 spiro atoms. The van der Waals surface area contributed by atoms with Crippen LogP contribution in [-0.2, 0) is 14.3 Å². The number of thioether (sulfide) groups is 1. The summed E-state index contributed by atoms with van der Waals surface area (Å²) in [6.07, 6.45) is 1.18. The van der Waals surface area contributed by atoms with E-state index in [1.165, 1.54) is 47.4 Å². The van der Waals surface area contributed by atoms with Gasteiger partial charge in [-0.25, -0.2) is 9.18 Å². The number of carbonyl (C=O) groups is 4. The fourth-order valence-electron chi connectivity index (χ4n) is 4.85. The summed E-state index contributed by atoms with van der Waals surface area (Å²) in [7, 11) is 0. The van der Waals surface area contributed by atoms with Crippen LogP contribution in [0.4, 0.5) is 15.1 Å². The lowest BCUT2D eigenvalue weighted by molar-refractivity contribution is -0.115. The van der Waals surface area contributed by atoms with Crippen LogP contribution in [0.5, 0.6) is 0 Å². The Morgan fingerprint density at radius 2 is 1.67 bits per heavy atom. The van der Waals surface area contributed by atoms with Crippen molar-refractivity contribution in [3.05, 3.63) is 141 Å². The highest BCUT2D eigenvalue weighted by atomic mass is 35.5. The highest BCUT2D eigenvalue weighted by Crippen LogP contribution is 2.37. The molecule has 1 atom stereocenters. The summed E-state index contributed by atoms with van der Waals surface area (Å²) in [5.41, 5.74) is 3.23. The Bertz CT molecular complexity index is 2080. The molecule has 5 aromatic rings. The molecule has 0 bridgehead atoms. The van der Waals surface area contributed by atoms with Crippen LogP contribution in [0.3, 0.4) is 0 Å². The lowest BCUT2D eigenvalue weighted by Crippen LogP contribution is -2.30. The van der Waals surface area contributed by atoms with Crippen molar-refractivity contribution < 1.29 is 28.3 Å². The van der Waals surface area contributed by atoms with Gasteiger partial charge in [0, 0.05) is 32.7 Å². The van der Waals surface area contributed by atoms with E-state index in [-0.39, 0.29) is 28.8 Å². The summed E-state index contributed by atoms with van der Waals surface area (Å²) in [5.74, 6) is -2.83. The SMILES string of the molecule is CCOC(=O)c1c(-c2ccc(C)cc2)csc1NC(=O)C(C)Sc1cccc(NC(=O)/C(=C\c2c(F)cccc2Cl)NC(=O)c2ccccc2)c1. The van der Waals surface area contributed by atoms with Crippen molar-refractivity contribution in [3.63, 3.8) is 0 Å². The number of benzene rings is 4. The molecule has 4 aromatic carbocycles. The van der Waals surface area contributed by atoms with Crippen LogP contribution >= 0.6 is 34.7 Å². The minimum atomic E-state index is -0.722. The Morgan fingerprint density at radius 3 is 2.37 bits per heavy atom. The van der Waals surface area contributed by atoms with Crippen LogP contribution in [0.1, 0.15) is 45.7 Å². The molecule has 0 saturated heterocycles. The van der Waals surface area contributed by atoms with Crippen molar-refractivity contribution >= 4 is 75.2 Å². The number of hydrogen-bond acceptors (Lipinski definition) is 7. The summed E-state index contributed by atoms with van der Waals surface area (Å²) in [4.78, 5) is 53.6. The van der Waals surface area contributed by atoms with Crippen molar-refractivity contribution in [1.29, 1.82) is 0 Å². The molecule has 1 heterocycles. The third kappa shape index (κ3) is 9.52. The Balaban J connectivity index is 1.32. The predicted octanol–water partition coefficient (Wildman–Crippen LogP) is 9.22. The van der Waals surface area contributed by atoms with Gasteiger partial charge in [-0.2, -0.15) is 0 Å². The first-order valence-electron chi connectivity index (χ1n) is 15.8. The molecule has 1 unspecified atom stereocenters. The quantitative estimate of drug-likeness (QED) is 0.0668. The number of carbonyl (C=O) groups excluding carboxylic acids is 4. The standard InChI is InChI=1S/C39H33ClFN3O5S2/c1-4-49-39(48)34-30(25-18-16-23(2)17-19-25)22-50-38(34)44-35(45)24(3)51-28-13-8-12-27(20-28)42-37(47)33(21-29-31(40)14-9-15-32(29)41)43-36(46)26-10-6-5-7-11-26/h5-22,24H,4H2,1-3H3,(H,42,47)(H,43,46)(H,44,45)/b33-21+. The van der Waals surface area contributed by atoms with E-state index in [0.29, 0.717) is 32.3 Å². The van der Waals surface area contributed by atoms with E-state index in [0.717, 1.165) is 11.1 Å². The number of aryl methyl sites for hydroxylation is 1. The summed E-state index contributed by atoms with van der Waals surface area (Å²) < 4.78 is 20.0. The largest absolute Gasteiger partial charge is 0.462 e. The van der Waals surface area contributed by atoms with Crippen LogP contribution < -0.4 is 16.0 Å². The summed E-state index contributed by atoms with van der Waals surface area (Å²) in [6.45, 7) is 5.60. The third-order valence-corrected chi connectivity index (χ3v) is 9.78. The zero-order chi connectivity index (χ0) is 36.5. The van der Waals surface area contributed by atoms with Crippen LogP contribution in [0, 0.1) is 12.7 Å². The average Bonchev–Trinajstić information content (AvgIpc) is 3.53. The second-order valence-corrected chi connectivity index (χ2v) is 13.9. The zero-order valence-electron chi connectivity index (χ0n) is 27.8. The van der Waals surface area contributed by atoms with Gasteiger partial charge in [0.1, 0.15) is 22.1 Å². The molecule has 0 aliphatic carbocycles. The number of nitrogens with one attached hydrogen (secondary N) is 3. The molecule has 1 aromatic heterocycles. The maximum Gasteiger partial charge on any atom is 0.341 e. The van der Waals surface area contributed by atoms with Gasteiger partial charge in [0.2, 0.25) is 5.91 Å². The first kappa shape index (κ1) is 37.0. The maximum absolute atomic E-state index is 14.7. The average molecular weight is 742 g/mol. The van der Waals surface area contributed by atoms with Crippen LogP contribution in [0.2, 0.25) is 5.02 Å². The van der Waals surface area contributed by atoms with Gasteiger partial charge >= 0.3 is 5.97 Å². The number of esters is 1. The minimum absolute atomic E-state index is 0.0585. The lowest BCUT2D eigenvalue weighted by Gasteiger charge is -2.15. The molecule has 0 fully saturated rings. The van der Waals surface area contributed by atoms with Crippen molar-refractivity contribution in [2.75, 3.05) is 17.2 Å². The fourth-order valence-corrected chi connectivity index (χ4v) is 6.96. The normalized spacial score (nSPS) is 11.7. The number of anilines is 2. The lowest BCUT2D eigenvalue weighted by atomic mass is 10.0. The predicted molar refractivity (Wildman–Crippen MR) is 203 cm³/mol. The first-order chi connectivity index (χ1) is 24.5. The number of halogens is 2. The second-order valence-electron chi connectivity index (χ2n) is 11.2. The topological polar surface area (TPSA) is 114 Å². The number of thiophene rings is 1. The van der Waals surface area contributed by atoms with E-state index >= 15 is 0 Å². The van der Waals surface area contributed by atoms with Crippen LogP contribution in [0.25, 0.3) is 17.2 Å². The summed E-state index contributed by atoms with van der Waals surface area (Å²) in [5, 5.41) is 9.86. The Kier molecular flexibility index (Phi) is 12.4. The Labute approximate surface area is 308 Å². The van der Waals surface area contributed by atoms with Gasteiger partial charge in [-0.05, 0) is 74.9 Å². The van der Waals surface area contributed by atoms with E-state index in [1.54, 1.807) is 68.4 Å². The Hall–Kier alpha value is -5.23. The number of amides is 3. The number of hydrogen-bond donors (Lipinski definition) is 3. The van der Waals surface area contributed by atoms with Gasteiger partial charge < -0.3 is 20.7 Å². The first-order valence-corrected chi connectivity index (χ1v) is 17.9. The summed E-state index contributed by atoms with van der Waals surface area (Å²) in [6, 6.07) is 26.9. The van der Waals surface area contributed by atoms with Gasteiger partial charge in [0.25, 0.3) is 11.8 Å². The van der Waals surface area contributed by atoms with Crippen molar-refractivity contribution in [3.8, 4) is 11.1 Å². The molecule has 3 N–H and O–H groups in total. The van der Waals surface area contributed by atoms with Gasteiger partial charge in [-0.15, -0.1) is 23.1 Å². The monoisotopic (exact) mass is 741 g/mol. The Morgan fingerprint density at radius 1 is 0.941 bits per heavy atom. The molecule has 3 amide bonds. The maximum atomic E-state index is 14.7. The highest BCUT2D eigenvalue weighted by molar-refractivity contribution is 8.00. The van der Waals surface area contributed by atoms with Gasteiger partial charge in [0.15, 0.2) is 0 Å². The highest BCUT2D eigenvalue weighted by Gasteiger charge is 2.25. The molecule has 51 heavy (non-hydrogen) atoms. The van der Waals surface area contributed by atoms with E-state index in [9.17, 15) is 23.6 Å². The molecule has 0 saturated carbocycles. The molecule has 8 nitrogen and oxygen atoms in total. The van der Waals surface area contributed by atoms with Gasteiger partial charge in [-0.1, -0.05) is 71.8 Å². The van der Waals surface area contributed by atoms with Crippen molar-refractivity contribution in [2.45, 2.75) is 30.9 Å². The van der Waals surface area contributed by atoms with Gasteiger partial charge in [-0.3, -0.25) is 14.4 Å². The zero-order valence-corrected chi connectivity index (χ0v) is 30.2. The third-order valence-electron chi connectivity index (χ3n) is 7.46. The van der Waals surface area contributed by atoms with E-state index in [4.69, 9.17) is 16.3 Å². The number of rotatable bonds is 12. The van der Waals surface area contributed by atoms with Crippen LogP contribution in [0.15, 0.2) is 113 Å². The molecule has 5 rings (SSSR count). The summed E-state index contributed by atoms with van der Waals surface area (Å²) >= 11 is 8.70. The molecular weight excluding hydrogens is 709 g/mol.